The van der Waals surface area contributed by atoms with Crippen molar-refractivity contribution in [2.24, 2.45) is 5.92 Å². The molecule has 0 spiro atoms. The number of nitrogens with zero attached hydrogens (tertiary/aromatic N) is 1. The topological polar surface area (TPSA) is 52.6 Å². The van der Waals surface area contributed by atoms with Gasteiger partial charge in [0.1, 0.15) is 0 Å². The molecule has 1 heterocycles. The zero-order chi connectivity index (χ0) is 18.6. The van der Waals surface area contributed by atoms with Gasteiger partial charge in [-0.1, -0.05) is 43.5 Å². The third-order valence-corrected chi connectivity index (χ3v) is 6.99. The van der Waals surface area contributed by atoms with Gasteiger partial charge >= 0.3 is 0 Å². The Morgan fingerprint density at radius 3 is 2.56 bits per heavy atom. The van der Waals surface area contributed by atoms with E-state index in [4.69, 9.17) is 0 Å². The molecule has 0 aromatic heterocycles. The van der Waals surface area contributed by atoms with Crippen molar-refractivity contribution in [2.45, 2.75) is 82.4 Å². The maximum Gasteiger partial charge on any atom is 0.237 e. The average molecular weight is 371 g/mol. The third-order valence-electron chi connectivity index (χ3n) is 6.99. The number of carbonyl (C=O) groups is 1. The summed E-state index contributed by atoms with van der Waals surface area (Å²) in [5.41, 5.74) is 2.83. The first-order chi connectivity index (χ1) is 13.2. The van der Waals surface area contributed by atoms with Crippen molar-refractivity contribution in [3.8, 4) is 0 Å². The van der Waals surface area contributed by atoms with Crippen LogP contribution in [0.5, 0.6) is 0 Å². The highest BCUT2D eigenvalue weighted by molar-refractivity contribution is 5.79. The van der Waals surface area contributed by atoms with Crippen LogP contribution in [0.2, 0.25) is 0 Å². The molecular formula is C23H34N2O2. The molecule has 2 fully saturated rings. The molecule has 2 N–H and O–H groups in total. The number of aliphatic hydroxyl groups excluding tert-OH is 1. The van der Waals surface area contributed by atoms with Crippen LogP contribution in [0.15, 0.2) is 24.3 Å². The fraction of sp³-hybridized carbons (Fsp3) is 0.696. The van der Waals surface area contributed by atoms with Gasteiger partial charge in [0.2, 0.25) is 5.91 Å². The van der Waals surface area contributed by atoms with Gasteiger partial charge in [-0.2, -0.15) is 0 Å². The number of hydrogen-bond acceptors (Lipinski definition) is 3. The SMILES string of the molecule is O=C(CNC1CCC(O)CC1)N1CCc2ccccc2C1C1CCCCC1. The van der Waals surface area contributed by atoms with Crippen LogP contribution in [0, 0.1) is 5.92 Å². The van der Waals surface area contributed by atoms with Gasteiger partial charge in [0.15, 0.2) is 0 Å². The lowest BCUT2D eigenvalue weighted by Gasteiger charge is -2.43. The Morgan fingerprint density at radius 1 is 1.04 bits per heavy atom. The van der Waals surface area contributed by atoms with Gasteiger partial charge in [0.05, 0.1) is 18.7 Å². The molecule has 0 radical (unpaired) electrons. The van der Waals surface area contributed by atoms with E-state index in [0.29, 0.717) is 18.5 Å². The molecule has 1 aliphatic heterocycles. The highest BCUT2D eigenvalue weighted by atomic mass is 16.3. The third kappa shape index (κ3) is 4.38. The largest absolute Gasteiger partial charge is 0.393 e. The fourth-order valence-electron chi connectivity index (χ4n) is 5.45. The van der Waals surface area contributed by atoms with Gasteiger partial charge in [-0.15, -0.1) is 0 Å². The average Bonchev–Trinajstić information content (AvgIpc) is 2.73. The van der Waals surface area contributed by atoms with Gasteiger partial charge in [0.25, 0.3) is 0 Å². The van der Waals surface area contributed by atoms with E-state index in [-0.39, 0.29) is 18.1 Å². The lowest BCUT2D eigenvalue weighted by atomic mass is 9.77. The van der Waals surface area contributed by atoms with E-state index in [1.165, 1.54) is 43.2 Å². The summed E-state index contributed by atoms with van der Waals surface area (Å²) in [6.45, 7) is 1.29. The van der Waals surface area contributed by atoms with Crippen LogP contribution in [-0.4, -0.2) is 41.1 Å². The summed E-state index contributed by atoms with van der Waals surface area (Å²) in [5, 5.41) is 13.2. The van der Waals surface area contributed by atoms with Crippen LogP contribution >= 0.6 is 0 Å². The standard InChI is InChI=1S/C23H34N2O2/c26-20-12-10-19(11-13-20)24-16-22(27)25-15-14-17-6-4-5-9-21(17)23(25)18-7-2-1-3-8-18/h4-6,9,18-20,23-24,26H,1-3,7-8,10-16H2. The van der Waals surface area contributed by atoms with E-state index in [0.717, 1.165) is 38.6 Å². The number of fused-ring (bicyclic) bond motifs is 1. The number of nitrogens with one attached hydrogen (secondary N) is 1. The van der Waals surface area contributed by atoms with Crippen molar-refractivity contribution in [3.63, 3.8) is 0 Å². The van der Waals surface area contributed by atoms with Crippen molar-refractivity contribution in [1.29, 1.82) is 0 Å². The van der Waals surface area contributed by atoms with Crippen LogP contribution in [-0.2, 0) is 11.2 Å². The van der Waals surface area contributed by atoms with Crippen LogP contribution in [0.4, 0.5) is 0 Å². The fourth-order valence-corrected chi connectivity index (χ4v) is 5.45. The van der Waals surface area contributed by atoms with Crippen molar-refractivity contribution < 1.29 is 9.90 Å². The van der Waals surface area contributed by atoms with Crippen LogP contribution in [0.3, 0.4) is 0 Å². The van der Waals surface area contributed by atoms with E-state index in [1.807, 2.05) is 0 Å². The normalized spacial score (nSPS) is 29.4. The second-order valence-corrected chi connectivity index (χ2v) is 8.77. The minimum absolute atomic E-state index is 0.145. The zero-order valence-electron chi connectivity index (χ0n) is 16.4. The number of aliphatic hydroxyl groups is 1. The Morgan fingerprint density at radius 2 is 1.78 bits per heavy atom. The second kappa shape index (κ2) is 8.74. The maximum absolute atomic E-state index is 13.2. The Kier molecular flexibility index (Phi) is 6.14. The summed E-state index contributed by atoms with van der Waals surface area (Å²) in [4.78, 5) is 15.4. The molecule has 0 bridgehead atoms. The minimum Gasteiger partial charge on any atom is -0.393 e. The lowest BCUT2D eigenvalue weighted by Crippen LogP contribution is -2.48. The molecule has 1 unspecified atom stereocenters. The molecule has 3 aliphatic rings. The van der Waals surface area contributed by atoms with E-state index in [9.17, 15) is 9.90 Å². The Hall–Kier alpha value is -1.39. The van der Waals surface area contributed by atoms with Crippen LogP contribution in [0.25, 0.3) is 0 Å². The van der Waals surface area contributed by atoms with E-state index >= 15 is 0 Å². The molecule has 148 valence electrons. The van der Waals surface area contributed by atoms with Crippen molar-refractivity contribution in [3.05, 3.63) is 35.4 Å². The van der Waals surface area contributed by atoms with Crippen LogP contribution < -0.4 is 5.32 Å². The summed E-state index contributed by atoms with van der Waals surface area (Å²) in [5.74, 6) is 0.861. The first-order valence-corrected chi connectivity index (χ1v) is 11.0. The predicted octanol–water partition coefficient (Wildman–Crippen LogP) is 3.59. The molecule has 1 aromatic rings. The molecule has 27 heavy (non-hydrogen) atoms. The number of benzene rings is 1. The summed E-state index contributed by atoms with van der Waals surface area (Å²) in [6, 6.07) is 9.41. The maximum atomic E-state index is 13.2. The Balaban J connectivity index is 1.45. The summed E-state index contributed by atoms with van der Waals surface area (Å²) < 4.78 is 0. The zero-order valence-corrected chi connectivity index (χ0v) is 16.4. The number of rotatable bonds is 4. The van der Waals surface area contributed by atoms with Crippen molar-refractivity contribution in [1.82, 2.24) is 10.2 Å². The first kappa shape index (κ1) is 18.9. The number of hydrogen-bond donors (Lipinski definition) is 2. The highest BCUT2D eigenvalue weighted by Crippen LogP contribution is 2.41. The molecule has 1 aromatic carbocycles. The van der Waals surface area contributed by atoms with Gasteiger partial charge in [-0.25, -0.2) is 0 Å². The van der Waals surface area contributed by atoms with Crippen molar-refractivity contribution in [2.75, 3.05) is 13.1 Å². The molecule has 0 saturated heterocycles. The second-order valence-electron chi connectivity index (χ2n) is 8.77. The van der Waals surface area contributed by atoms with E-state index < -0.39 is 0 Å². The monoisotopic (exact) mass is 370 g/mol. The molecule has 2 aliphatic carbocycles. The van der Waals surface area contributed by atoms with Gasteiger partial charge in [-0.05, 0) is 62.0 Å². The van der Waals surface area contributed by atoms with Gasteiger partial charge in [0, 0.05) is 12.6 Å². The first-order valence-electron chi connectivity index (χ1n) is 11.0. The van der Waals surface area contributed by atoms with Crippen molar-refractivity contribution >= 4 is 5.91 Å². The van der Waals surface area contributed by atoms with Gasteiger partial charge in [-0.3, -0.25) is 4.79 Å². The molecular weight excluding hydrogens is 336 g/mol. The van der Waals surface area contributed by atoms with Crippen LogP contribution in [0.1, 0.15) is 75.0 Å². The molecule has 1 atom stereocenters. The van der Waals surface area contributed by atoms with Gasteiger partial charge < -0.3 is 15.3 Å². The number of amides is 1. The minimum atomic E-state index is -0.145. The lowest BCUT2D eigenvalue weighted by molar-refractivity contribution is -0.135. The highest BCUT2D eigenvalue weighted by Gasteiger charge is 2.36. The van der Waals surface area contributed by atoms with E-state index in [1.54, 1.807) is 0 Å². The molecule has 4 rings (SSSR count). The number of carbonyl (C=O) groups excluding carboxylic acids is 1. The Labute approximate surface area is 163 Å². The quantitative estimate of drug-likeness (QED) is 0.852. The smallest absolute Gasteiger partial charge is 0.237 e. The predicted molar refractivity (Wildman–Crippen MR) is 107 cm³/mol. The summed E-state index contributed by atoms with van der Waals surface area (Å²) >= 11 is 0. The summed E-state index contributed by atoms with van der Waals surface area (Å²) in [6.07, 6.45) is 10.9. The summed E-state index contributed by atoms with van der Waals surface area (Å²) in [7, 11) is 0. The molecule has 1 amide bonds. The molecule has 4 nitrogen and oxygen atoms in total. The molecule has 4 heteroatoms. The Bertz CT molecular complexity index is 633. The molecule has 2 saturated carbocycles. The van der Waals surface area contributed by atoms with E-state index in [2.05, 4.69) is 34.5 Å².